The zero-order valence-electron chi connectivity index (χ0n) is 18.1. The summed E-state index contributed by atoms with van der Waals surface area (Å²) in [4.78, 5) is 27.1. The maximum atomic E-state index is 13.3. The summed E-state index contributed by atoms with van der Waals surface area (Å²) in [5.41, 5.74) is 1.98. The molecule has 0 spiro atoms. The zero-order chi connectivity index (χ0) is 23.2. The molecule has 0 aliphatic heterocycles. The van der Waals surface area contributed by atoms with Gasteiger partial charge in [-0.05, 0) is 50.6 Å². The van der Waals surface area contributed by atoms with Crippen molar-refractivity contribution < 1.29 is 22.4 Å². The third-order valence-corrected chi connectivity index (χ3v) is 5.89. The number of hydrogen-bond donors (Lipinski definition) is 1. The van der Waals surface area contributed by atoms with E-state index in [0.29, 0.717) is 6.54 Å². The number of amides is 2. The van der Waals surface area contributed by atoms with Crippen LogP contribution in [-0.4, -0.2) is 50.5 Å². The van der Waals surface area contributed by atoms with Gasteiger partial charge in [0.25, 0.3) is 0 Å². The number of rotatable bonds is 9. The smallest absolute Gasteiger partial charge is 0.244 e. The first-order valence-electron chi connectivity index (χ1n) is 9.89. The van der Waals surface area contributed by atoms with Crippen molar-refractivity contribution in [1.82, 2.24) is 10.2 Å². The number of sulfonamides is 1. The van der Waals surface area contributed by atoms with Gasteiger partial charge in [0.05, 0.1) is 11.9 Å². The van der Waals surface area contributed by atoms with Gasteiger partial charge in [-0.15, -0.1) is 0 Å². The Hall–Kier alpha value is -2.94. The Kier molecular flexibility index (Phi) is 8.15. The van der Waals surface area contributed by atoms with E-state index in [9.17, 15) is 22.4 Å². The van der Waals surface area contributed by atoms with Gasteiger partial charge in [-0.1, -0.05) is 29.8 Å². The molecule has 31 heavy (non-hydrogen) atoms. The van der Waals surface area contributed by atoms with E-state index < -0.39 is 34.3 Å². The maximum Gasteiger partial charge on any atom is 0.244 e. The molecule has 0 aliphatic carbocycles. The highest BCUT2D eigenvalue weighted by Gasteiger charge is 2.29. The molecule has 1 N–H and O–H groups in total. The number of anilines is 1. The number of halogens is 1. The van der Waals surface area contributed by atoms with Crippen LogP contribution < -0.4 is 9.62 Å². The standard InChI is InChI=1S/C22H28FN3O4S/c1-5-24-22(28)17(3)25(14-18-8-6-7-16(2)13-18)21(27)15-26(31(4,29)30)20-11-9-19(23)10-12-20/h6-13,17H,5,14-15H2,1-4H3,(H,24,28)/t17-/m1/s1. The van der Waals surface area contributed by atoms with Crippen LogP contribution in [0.3, 0.4) is 0 Å². The van der Waals surface area contributed by atoms with Gasteiger partial charge in [0.2, 0.25) is 21.8 Å². The Bertz CT molecular complexity index is 1030. The summed E-state index contributed by atoms with van der Waals surface area (Å²) < 4.78 is 38.9. The van der Waals surface area contributed by atoms with Crippen LogP contribution in [0.2, 0.25) is 0 Å². The van der Waals surface area contributed by atoms with Crippen LogP contribution in [0.1, 0.15) is 25.0 Å². The van der Waals surface area contributed by atoms with Crippen molar-refractivity contribution >= 4 is 27.5 Å². The van der Waals surface area contributed by atoms with Crippen LogP contribution in [0, 0.1) is 12.7 Å². The van der Waals surface area contributed by atoms with Gasteiger partial charge >= 0.3 is 0 Å². The van der Waals surface area contributed by atoms with Crippen molar-refractivity contribution in [2.75, 3.05) is 23.7 Å². The molecule has 0 bridgehead atoms. The van der Waals surface area contributed by atoms with Gasteiger partial charge in [0.15, 0.2) is 0 Å². The lowest BCUT2D eigenvalue weighted by atomic mass is 10.1. The summed E-state index contributed by atoms with van der Waals surface area (Å²) in [6.45, 7) is 5.32. The number of carbonyl (C=O) groups excluding carboxylic acids is 2. The molecule has 2 aromatic carbocycles. The normalized spacial score (nSPS) is 12.2. The second-order valence-electron chi connectivity index (χ2n) is 7.33. The molecule has 7 nitrogen and oxygen atoms in total. The van der Waals surface area contributed by atoms with Crippen LogP contribution in [0.25, 0.3) is 0 Å². The predicted octanol–water partition coefficient (Wildman–Crippen LogP) is 2.45. The van der Waals surface area contributed by atoms with Gasteiger partial charge in [-0.25, -0.2) is 12.8 Å². The quantitative estimate of drug-likeness (QED) is 0.637. The fraction of sp³-hybridized carbons (Fsp3) is 0.364. The average molecular weight is 450 g/mol. The summed E-state index contributed by atoms with van der Waals surface area (Å²) in [6, 6.07) is 11.5. The van der Waals surface area contributed by atoms with Crippen molar-refractivity contribution in [2.24, 2.45) is 0 Å². The first-order valence-corrected chi connectivity index (χ1v) is 11.7. The Labute approximate surface area is 182 Å². The zero-order valence-corrected chi connectivity index (χ0v) is 18.9. The lowest BCUT2D eigenvalue weighted by Gasteiger charge is -2.31. The molecule has 2 aromatic rings. The lowest BCUT2D eigenvalue weighted by Crippen LogP contribution is -2.51. The number of nitrogens with zero attached hydrogens (tertiary/aromatic N) is 2. The molecule has 0 heterocycles. The Morgan fingerprint density at radius 2 is 1.77 bits per heavy atom. The van der Waals surface area contributed by atoms with Gasteiger partial charge in [0.1, 0.15) is 18.4 Å². The number of carbonyl (C=O) groups is 2. The Balaban J connectivity index is 2.37. The van der Waals surface area contributed by atoms with Gasteiger partial charge in [-0.3, -0.25) is 13.9 Å². The van der Waals surface area contributed by atoms with E-state index in [-0.39, 0.29) is 18.1 Å². The van der Waals surface area contributed by atoms with Crippen LogP contribution >= 0.6 is 0 Å². The fourth-order valence-corrected chi connectivity index (χ4v) is 3.98. The number of aryl methyl sites for hydroxylation is 1. The van der Waals surface area contributed by atoms with Crippen molar-refractivity contribution in [2.45, 2.75) is 33.4 Å². The first kappa shape index (κ1) is 24.3. The van der Waals surface area contributed by atoms with Crippen LogP contribution in [0.5, 0.6) is 0 Å². The topological polar surface area (TPSA) is 86.8 Å². The highest BCUT2D eigenvalue weighted by atomic mass is 32.2. The van der Waals surface area contributed by atoms with Gasteiger partial charge < -0.3 is 10.2 Å². The molecule has 0 radical (unpaired) electrons. The molecular formula is C22H28FN3O4S. The van der Waals surface area contributed by atoms with Crippen molar-refractivity contribution in [3.63, 3.8) is 0 Å². The molecule has 0 fully saturated rings. The monoisotopic (exact) mass is 449 g/mol. The molecule has 168 valence electrons. The van der Waals surface area contributed by atoms with E-state index in [2.05, 4.69) is 5.32 Å². The van der Waals surface area contributed by atoms with Gasteiger partial charge in [-0.2, -0.15) is 0 Å². The van der Waals surface area contributed by atoms with E-state index >= 15 is 0 Å². The summed E-state index contributed by atoms with van der Waals surface area (Å²) in [5, 5.41) is 2.69. The molecule has 2 amide bonds. The predicted molar refractivity (Wildman–Crippen MR) is 118 cm³/mol. The maximum absolute atomic E-state index is 13.3. The van der Waals surface area contributed by atoms with Crippen LogP contribution in [0.4, 0.5) is 10.1 Å². The van der Waals surface area contributed by atoms with Gasteiger partial charge in [0, 0.05) is 13.1 Å². The Morgan fingerprint density at radius 1 is 1.13 bits per heavy atom. The van der Waals surface area contributed by atoms with E-state index in [0.717, 1.165) is 33.8 Å². The number of likely N-dealkylation sites (N-methyl/N-ethyl adjacent to an activating group) is 1. The number of benzene rings is 2. The first-order chi connectivity index (χ1) is 14.5. The molecule has 9 heteroatoms. The van der Waals surface area contributed by atoms with Crippen molar-refractivity contribution in [1.29, 1.82) is 0 Å². The number of nitrogens with one attached hydrogen (secondary N) is 1. The summed E-state index contributed by atoms with van der Waals surface area (Å²) in [7, 11) is -3.83. The third-order valence-electron chi connectivity index (χ3n) is 4.75. The minimum atomic E-state index is -3.83. The second kappa shape index (κ2) is 10.4. The molecule has 1 atom stereocenters. The van der Waals surface area contributed by atoms with Crippen molar-refractivity contribution in [3.8, 4) is 0 Å². The van der Waals surface area contributed by atoms with E-state index in [4.69, 9.17) is 0 Å². The highest BCUT2D eigenvalue weighted by Crippen LogP contribution is 2.19. The van der Waals surface area contributed by atoms with Crippen molar-refractivity contribution in [3.05, 3.63) is 65.5 Å². The van der Waals surface area contributed by atoms with E-state index in [1.54, 1.807) is 13.8 Å². The summed E-state index contributed by atoms with van der Waals surface area (Å²) in [6.07, 6.45) is 0.974. The second-order valence-corrected chi connectivity index (χ2v) is 9.23. The van der Waals surface area contributed by atoms with Crippen LogP contribution in [0.15, 0.2) is 48.5 Å². The SMILES string of the molecule is CCNC(=O)[C@@H](C)N(Cc1cccc(C)c1)C(=O)CN(c1ccc(F)cc1)S(C)(=O)=O. The molecule has 2 rings (SSSR count). The largest absolute Gasteiger partial charge is 0.355 e. The molecule has 0 aromatic heterocycles. The minimum Gasteiger partial charge on any atom is -0.355 e. The number of hydrogen-bond acceptors (Lipinski definition) is 4. The lowest BCUT2D eigenvalue weighted by molar-refractivity contribution is -0.139. The summed E-state index contributed by atoms with van der Waals surface area (Å²) in [5.74, 6) is -1.40. The third kappa shape index (κ3) is 6.78. The highest BCUT2D eigenvalue weighted by molar-refractivity contribution is 7.92. The Morgan fingerprint density at radius 3 is 2.32 bits per heavy atom. The van der Waals surface area contributed by atoms with E-state index in [1.807, 2.05) is 31.2 Å². The average Bonchev–Trinajstić information content (AvgIpc) is 2.70. The minimum absolute atomic E-state index is 0.139. The molecule has 0 saturated heterocycles. The fourth-order valence-electron chi connectivity index (χ4n) is 3.13. The van der Waals surface area contributed by atoms with E-state index in [1.165, 1.54) is 17.0 Å². The molecule has 0 unspecified atom stereocenters. The molecule has 0 saturated carbocycles. The summed E-state index contributed by atoms with van der Waals surface area (Å²) >= 11 is 0. The van der Waals surface area contributed by atoms with Crippen LogP contribution in [-0.2, 0) is 26.2 Å². The molecular weight excluding hydrogens is 421 g/mol. The molecule has 0 aliphatic rings.